The Bertz CT molecular complexity index is 1370. The molecule has 0 bridgehead atoms. The number of ketones is 2. The normalized spacial score (nSPS) is 33.3. The van der Waals surface area contributed by atoms with Crippen LogP contribution in [0.4, 0.5) is 0 Å². The average Bonchev–Trinajstić information content (AvgIpc) is 3.27. The van der Waals surface area contributed by atoms with Gasteiger partial charge in [-0.1, -0.05) is 42.8 Å². The second-order valence-electron chi connectivity index (χ2n) is 13.5. The van der Waals surface area contributed by atoms with Crippen LogP contribution in [0.3, 0.4) is 0 Å². The number of ether oxygens (including phenoxy) is 1. The van der Waals surface area contributed by atoms with Crippen molar-refractivity contribution >= 4 is 23.5 Å². The number of aliphatic hydroxyl groups excluding tert-OH is 2. The molecule has 11 heteroatoms. The summed E-state index contributed by atoms with van der Waals surface area (Å²) in [5.41, 5.74) is -1.45. The molecule has 0 saturated heterocycles. The van der Waals surface area contributed by atoms with Gasteiger partial charge in [0.05, 0.1) is 24.4 Å². The maximum atomic E-state index is 12.5. The first-order valence-electron chi connectivity index (χ1n) is 15.9. The van der Waals surface area contributed by atoms with E-state index in [-0.39, 0.29) is 73.6 Å². The molecule has 0 spiro atoms. The van der Waals surface area contributed by atoms with Crippen LogP contribution in [-0.4, -0.2) is 75.3 Å². The van der Waals surface area contributed by atoms with Crippen LogP contribution in [0.25, 0.3) is 0 Å². The smallest absolute Gasteiger partial charge is 1.00 e. The topological polar surface area (TPSA) is 170 Å². The quantitative estimate of drug-likeness (QED) is 0.185. The van der Waals surface area contributed by atoms with E-state index in [9.17, 15) is 34.5 Å². The van der Waals surface area contributed by atoms with Gasteiger partial charge in [0.1, 0.15) is 18.0 Å². The number of nitrogens with one attached hydrogen (secondary N) is 1. The maximum Gasteiger partial charge on any atom is 1.00 e. The van der Waals surface area contributed by atoms with Crippen LogP contribution in [-0.2, 0) is 30.3 Å². The van der Waals surface area contributed by atoms with E-state index in [1.165, 1.54) is 17.7 Å². The van der Waals surface area contributed by atoms with Crippen LogP contribution in [0, 0.1) is 28.6 Å². The van der Waals surface area contributed by atoms with Gasteiger partial charge in [0.25, 0.3) is 0 Å². The van der Waals surface area contributed by atoms with E-state index in [4.69, 9.17) is 9.84 Å². The van der Waals surface area contributed by atoms with Gasteiger partial charge in [-0.3, -0.25) is 19.2 Å². The number of carboxylic acids is 1. The summed E-state index contributed by atoms with van der Waals surface area (Å²) in [7, 11) is 1.99. The molecule has 0 aromatic heterocycles. The Morgan fingerprint density at radius 1 is 1.11 bits per heavy atom. The van der Waals surface area contributed by atoms with Crippen molar-refractivity contribution in [3.63, 3.8) is 0 Å². The van der Waals surface area contributed by atoms with Gasteiger partial charge in [-0.15, -0.1) is 0 Å². The van der Waals surface area contributed by atoms with E-state index in [0.29, 0.717) is 25.3 Å². The first-order chi connectivity index (χ1) is 21.2. The van der Waals surface area contributed by atoms with E-state index >= 15 is 0 Å². The van der Waals surface area contributed by atoms with Gasteiger partial charge in [-0.2, -0.15) is 0 Å². The fourth-order valence-corrected chi connectivity index (χ4v) is 8.58. The number of carbonyl (C=O) groups is 4. The summed E-state index contributed by atoms with van der Waals surface area (Å²) in [6.45, 7) is 5.06. The van der Waals surface area contributed by atoms with Crippen molar-refractivity contribution in [3.8, 4) is 0 Å². The Kier molecular flexibility index (Phi) is 12.8. The minimum atomic E-state index is -1.72. The van der Waals surface area contributed by atoms with Crippen molar-refractivity contribution < 1.29 is 75.3 Å². The molecule has 5 rings (SSSR count). The van der Waals surface area contributed by atoms with E-state index in [0.717, 1.165) is 12.0 Å². The van der Waals surface area contributed by atoms with Crippen LogP contribution in [0.1, 0.15) is 72.7 Å². The summed E-state index contributed by atoms with van der Waals surface area (Å²) < 4.78 is 5.56. The molecule has 248 valence electrons. The molecule has 1 aromatic rings. The average molecular weight is 650 g/mol. The molecule has 3 fully saturated rings. The van der Waals surface area contributed by atoms with Gasteiger partial charge in [-0.05, 0) is 82.9 Å². The molecule has 8 atom stereocenters. The molecule has 5 N–H and O–H groups in total. The fraction of sp³-hybridized carbons (Fsp3) is 0.600. The molecule has 4 aliphatic rings. The molecule has 0 heterocycles. The van der Waals surface area contributed by atoms with Crippen molar-refractivity contribution in [3.05, 3.63) is 59.4 Å². The molecule has 0 aliphatic heterocycles. The SMILES string of the molecule is CNC(C)Cc1ccccc1.C[C@@]12C(=CC(=O)C=C1OC(=O)CCC(=O)O)CC[C@@H]1[C@@H]2[C@@H](O)C[C@@]2(C)[C@H]1CC[C@]2(O)C(=O)CO.[H-].[Na+]. The van der Waals surface area contributed by atoms with E-state index in [1.807, 2.05) is 20.0 Å². The van der Waals surface area contributed by atoms with E-state index in [2.05, 4.69) is 36.5 Å². The van der Waals surface area contributed by atoms with Crippen molar-refractivity contribution in [2.24, 2.45) is 28.6 Å². The molecule has 1 aromatic carbocycles. The fourth-order valence-electron chi connectivity index (χ4n) is 8.58. The summed E-state index contributed by atoms with van der Waals surface area (Å²) in [5, 5.41) is 44.3. The number of Topliss-reactive ketones (excluding diaryl/α,β-unsaturated/α-hetero) is 1. The second-order valence-corrected chi connectivity index (χ2v) is 13.5. The van der Waals surface area contributed by atoms with Crippen LogP contribution < -0.4 is 34.9 Å². The third-order valence-corrected chi connectivity index (χ3v) is 11.0. The number of hydrogen-bond acceptors (Lipinski definition) is 9. The van der Waals surface area contributed by atoms with E-state index in [1.54, 1.807) is 6.92 Å². The Hall–Kier alpha value is -2.18. The van der Waals surface area contributed by atoms with Crippen molar-refractivity contribution in [2.45, 2.75) is 89.9 Å². The number of fused-ring (bicyclic) bond motifs is 5. The third kappa shape index (κ3) is 7.28. The van der Waals surface area contributed by atoms with Gasteiger partial charge in [0.2, 0.25) is 0 Å². The van der Waals surface area contributed by atoms with Gasteiger partial charge in [0, 0.05) is 23.5 Å². The predicted molar refractivity (Wildman–Crippen MR) is 167 cm³/mol. The molecular weight excluding hydrogens is 601 g/mol. The summed E-state index contributed by atoms with van der Waals surface area (Å²) in [4.78, 5) is 48.2. The van der Waals surface area contributed by atoms with Crippen LogP contribution in [0.2, 0.25) is 0 Å². The van der Waals surface area contributed by atoms with Gasteiger partial charge in [-0.25, -0.2) is 0 Å². The number of rotatable bonds is 9. The second kappa shape index (κ2) is 15.4. The Balaban J connectivity index is 0.000000504. The molecular formula is C35H48NNaO9. The third-order valence-electron chi connectivity index (χ3n) is 11.0. The van der Waals surface area contributed by atoms with Crippen molar-refractivity contribution in [2.75, 3.05) is 13.7 Å². The number of likely N-dealkylation sites (N-methyl/N-ethyl adjacent to an activating group) is 1. The summed E-state index contributed by atoms with van der Waals surface area (Å²) in [5.74, 6) is -3.40. The van der Waals surface area contributed by atoms with Crippen LogP contribution >= 0.6 is 0 Å². The molecule has 1 unspecified atom stereocenters. The molecule has 10 nitrogen and oxygen atoms in total. The number of aliphatic carboxylic acids is 1. The Morgan fingerprint density at radius 3 is 2.39 bits per heavy atom. The zero-order valence-corrected chi connectivity index (χ0v) is 29.6. The van der Waals surface area contributed by atoms with Gasteiger partial charge >= 0.3 is 41.5 Å². The number of carboxylic acid groups (broad SMARTS) is 1. The van der Waals surface area contributed by atoms with Crippen molar-refractivity contribution in [1.82, 2.24) is 5.32 Å². The van der Waals surface area contributed by atoms with Crippen LogP contribution in [0.15, 0.2) is 53.8 Å². The molecule has 46 heavy (non-hydrogen) atoms. The number of aliphatic hydroxyl groups is 3. The first-order valence-corrected chi connectivity index (χ1v) is 15.9. The standard InChI is InChI=1S/C25H32O9.C10H15N.Na.H/c1-23-11-17(28)22-15(16(23)7-8-25(23,33)18(29)12-26)4-3-13-9-14(27)10-19(24(13,22)2)34-21(32)6-5-20(30)31;1-9(11-2)8-10-6-4-3-5-7-10;;/h9-10,15-17,22,26,28,33H,3-8,11-12H2,1-2H3,(H,30,31);3-7,9,11H,8H2,1-2H3;;/q;;+1;-1/t15-,16-,17-,22+,23-,24+,25-;;;/m0.../s1. The minimum Gasteiger partial charge on any atom is -1.00 e. The first kappa shape index (κ1) is 38.3. The summed E-state index contributed by atoms with van der Waals surface area (Å²) in [6, 6.07) is 11.1. The summed E-state index contributed by atoms with van der Waals surface area (Å²) >= 11 is 0. The number of benzene rings is 1. The largest absolute Gasteiger partial charge is 1.00 e. The Morgan fingerprint density at radius 2 is 1.78 bits per heavy atom. The summed E-state index contributed by atoms with van der Waals surface area (Å²) in [6.07, 6.45) is 4.21. The van der Waals surface area contributed by atoms with Gasteiger partial charge in [0.15, 0.2) is 11.6 Å². The minimum absolute atomic E-state index is 0. The number of esters is 1. The molecule has 3 saturated carbocycles. The Labute approximate surface area is 294 Å². The monoisotopic (exact) mass is 649 g/mol. The van der Waals surface area contributed by atoms with Gasteiger partial charge < -0.3 is 31.9 Å². The maximum absolute atomic E-state index is 12.5. The zero-order valence-electron chi connectivity index (χ0n) is 28.6. The molecule has 4 aliphatic carbocycles. The van der Waals surface area contributed by atoms with Crippen molar-refractivity contribution in [1.29, 1.82) is 0 Å². The molecule has 0 amide bonds. The molecule has 0 radical (unpaired) electrons. The number of carbonyl (C=O) groups excluding carboxylic acids is 3. The zero-order chi connectivity index (χ0) is 33.2. The predicted octanol–water partition coefficient (Wildman–Crippen LogP) is 0.247. The number of hydrogen-bond donors (Lipinski definition) is 5. The number of allylic oxidation sites excluding steroid dienone is 3. The van der Waals surface area contributed by atoms with E-state index < -0.39 is 59.2 Å². The van der Waals surface area contributed by atoms with Crippen LogP contribution in [0.5, 0.6) is 0 Å².